The summed E-state index contributed by atoms with van der Waals surface area (Å²) in [5.74, 6) is 0.346. The smallest absolute Gasteiger partial charge is 0.252 e. The Kier molecular flexibility index (Phi) is 4.90. The van der Waals surface area contributed by atoms with Gasteiger partial charge in [0.2, 0.25) is 0 Å². The van der Waals surface area contributed by atoms with E-state index in [1.54, 1.807) is 18.5 Å². The fourth-order valence-electron chi connectivity index (χ4n) is 2.01. The highest BCUT2D eigenvalue weighted by molar-refractivity contribution is 5.96. The molecule has 2 aromatic heterocycles. The molecular formula is C15H22N4O2. The van der Waals surface area contributed by atoms with Gasteiger partial charge in [-0.1, -0.05) is 20.8 Å². The summed E-state index contributed by atoms with van der Waals surface area (Å²) in [6.07, 6.45) is 3.30. The molecule has 0 saturated carbocycles. The summed E-state index contributed by atoms with van der Waals surface area (Å²) >= 11 is 0. The number of carbonyl (C=O) groups is 1. The Morgan fingerprint density at radius 1 is 1.38 bits per heavy atom. The van der Waals surface area contributed by atoms with Crippen molar-refractivity contribution in [2.45, 2.75) is 27.3 Å². The van der Waals surface area contributed by atoms with E-state index in [1.807, 2.05) is 11.6 Å². The van der Waals surface area contributed by atoms with Gasteiger partial charge in [-0.2, -0.15) is 5.10 Å². The van der Waals surface area contributed by atoms with Crippen LogP contribution in [-0.4, -0.2) is 38.9 Å². The van der Waals surface area contributed by atoms with Crippen LogP contribution in [0.1, 0.15) is 31.1 Å². The highest BCUT2D eigenvalue weighted by Crippen LogP contribution is 2.14. The first-order valence-corrected chi connectivity index (χ1v) is 7.22. The molecule has 114 valence electrons. The van der Waals surface area contributed by atoms with Crippen molar-refractivity contribution < 1.29 is 9.90 Å². The Labute approximate surface area is 124 Å². The average molecular weight is 290 g/mol. The first kappa shape index (κ1) is 15.4. The van der Waals surface area contributed by atoms with Gasteiger partial charge >= 0.3 is 0 Å². The van der Waals surface area contributed by atoms with Crippen molar-refractivity contribution in [2.24, 2.45) is 11.8 Å². The van der Waals surface area contributed by atoms with E-state index < -0.39 is 0 Å². The zero-order valence-corrected chi connectivity index (χ0v) is 12.7. The van der Waals surface area contributed by atoms with Crippen LogP contribution in [0.3, 0.4) is 0 Å². The predicted molar refractivity (Wildman–Crippen MR) is 80.9 cm³/mol. The van der Waals surface area contributed by atoms with Gasteiger partial charge in [-0.3, -0.25) is 4.79 Å². The monoisotopic (exact) mass is 290 g/mol. The quantitative estimate of drug-likeness (QED) is 0.843. The van der Waals surface area contributed by atoms with Crippen LogP contribution in [-0.2, 0) is 6.54 Å². The topological polar surface area (TPSA) is 80.0 Å². The minimum Gasteiger partial charge on any atom is -0.396 e. The summed E-state index contributed by atoms with van der Waals surface area (Å²) in [6, 6.07) is 1.80. The lowest BCUT2D eigenvalue weighted by Crippen LogP contribution is -2.29. The van der Waals surface area contributed by atoms with Gasteiger partial charge in [0.05, 0.1) is 11.8 Å². The molecule has 0 aromatic carbocycles. The third-order valence-corrected chi connectivity index (χ3v) is 3.20. The van der Waals surface area contributed by atoms with Crippen molar-refractivity contribution in [3.8, 4) is 0 Å². The summed E-state index contributed by atoms with van der Waals surface area (Å²) in [5, 5.41) is 16.9. The van der Waals surface area contributed by atoms with E-state index in [-0.39, 0.29) is 18.4 Å². The molecule has 6 heteroatoms. The molecule has 0 fully saturated rings. The van der Waals surface area contributed by atoms with Crippen LogP contribution in [0.5, 0.6) is 0 Å². The third-order valence-electron chi connectivity index (χ3n) is 3.20. The minimum atomic E-state index is -0.179. The Hall–Kier alpha value is -1.95. The van der Waals surface area contributed by atoms with Crippen molar-refractivity contribution in [3.05, 3.63) is 24.0 Å². The van der Waals surface area contributed by atoms with Gasteiger partial charge in [-0.15, -0.1) is 0 Å². The minimum absolute atomic E-state index is 0.0411. The molecule has 0 saturated heterocycles. The average Bonchev–Trinajstić information content (AvgIpc) is 2.86. The summed E-state index contributed by atoms with van der Waals surface area (Å²) in [5.41, 5.74) is 1.31. The largest absolute Gasteiger partial charge is 0.396 e. The van der Waals surface area contributed by atoms with Gasteiger partial charge in [0.15, 0.2) is 5.65 Å². The summed E-state index contributed by atoms with van der Waals surface area (Å²) in [4.78, 5) is 16.4. The molecule has 6 nitrogen and oxygen atoms in total. The summed E-state index contributed by atoms with van der Waals surface area (Å²) in [6.45, 7) is 7.42. The van der Waals surface area contributed by atoms with Gasteiger partial charge in [-0.25, -0.2) is 9.67 Å². The van der Waals surface area contributed by atoms with Gasteiger partial charge in [-0.05, 0) is 17.9 Å². The molecule has 0 aliphatic rings. The van der Waals surface area contributed by atoms with Crippen molar-refractivity contribution in [2.75, 3.05) is 13.2 Å². The van der Waals surface area contributed by atoms with E-state index >= 15 is 0 Å². The van der Waals surface area contributed by atoms with Crippen LogP contribution < -0.4 is 5.32 Å². The van der Waals surface area contributed by atoms with Crippen molar-refractivity contribution >= 4 is 16.9 Å². The van der Waals surface area contributed by atoms with E-state index in [2.05, 4.69) is 29.2 Å². The third kappa shape index (κ3) is 3.78. The van der Waals surface area contributed by atoms with Crippen molar-refractivity contribution in [1.29, 1.82) is 0 Å². The molecule has 0 bridgehead atoms. The van der Waals surface area contributed by atoms with Crippen LogP contribution in [0.15, 0.2) is 18.5 Å². The van der Waals surface area contributed by atoms with Gasteiger partial charge < -0.3 is 10.4 Å². The zero-order chi connectivity index (χ0) is 15.4. The number of aliphatic hydroxyl groups excluding tert-OH is 1. The van der Waals surface area contributed by atoms with Crippen LogP contribution in [0.25, 0.3) is 11.0 Å². The SMILES string of the molecule is CC(C)Cn1ncc2cc(C(=O)NCC(C)CO)cnc21. The number of aliphatic hydroxyl groups is 1. The number of amides is 1. The molecule has 2 rings (SSSR count). The Balaban J connectivity index is 2.14. The Morgan fingerprint density at radius 3 is 2.81 bits per heavy atom. The molecule has 0 aliphatic heterocycles. The van der Waals surface area contributed by atoms with Crippen LogP contribution in [0.4, 0.5) is 0 Å². The number of fused-ring (bicyclic) bond motifs is 1. The lowest BCUT2D eigenvalue weighted by atomic mass is 10.2. The maximum atomic E-state index is 12.0. The van der Waals surface area contributed by atoms with Crippen LogP contribution >= 0.6 is 0 Å². The summed E-state index contributed by atoms with van der Waals surface area (Å²) in [7, 11) is 0. The van der Waals surface area contributed by atoms with Gasteiger partial charge in [0, 0.05) is 31.3 Å². The number of carbonyl (C=O) groups excluding carboxylic acids is 1. The van der Waals surface area contributed by atoms with E-state index in [0.717, 1.165) is 17.6 Å². The number of aromatic nitrogens is 3. The molecule has 0 aliphatic carbocycles. The van der Waals surface area contributed by atoms with E-state index in [0.29, 0.717) is 18.0 Å². The fourth-order valence-corrected chi connectivity index (χ4v) is 2.01. The number of pyridine rings is 1. The maximum Gasteiger partial charge on any atom is 0.252 e. The van der Waals surface area contributed by atoms with E-state index in [1.165, 1.54) is 0 Å². The first-order chi connectivity index (χ1) is 10.0. The normalized spacial score (nSPS) is 12.8. The lowest BCUT2D eigenvalue weighted by Gasteiger charge is -2.09. The predicted octanol–water partition coefficient (Wildman–Crippen LogP) is 1.45. The molecular weight excluding hydrogens is 268 g/mol. The molecule has 0 spiro atoms. The number of hydrogen-bond donors (Lipinski definition) is 2. The molecule has 2 N–H and O–H groups in total. The Bertz CT molecular complexity index is 621. The highest BCUT2D eigenvalue weighted by atomic mass is 16.3. The van der Waals surface area contributed by atoms with Crippen LogP contribution in [0.2, 0.25) is 0 Å². The molecule has 1 unspecified atom stereocenters. The second kappa shape index (κ2) is 6.67. The van der Waals surface area contributed by atoms with Crippen LogP contribution in [0, 0.1) is 11.8 Å². The van der Waals surface area contributed by atoms with Crippen molar-refractivity contribution in [1.82, 2.24) is 20.1 Å². The standard InChI is InChI=1S/C15H22N4O2/c1-10(2)8-19-14-12(7-18-19)4-13(6-16-14)15(21)17-5-11(3)9-20/h4,6-7,10-11,20H,5,8-9H2,1-3H3,(H,17,21). The second-order valence-electron chi connectivity index (χ2n) is 5.86. The number of hydrogen-bond acceptors (Lipinski definition) is 4. The molecule has 2 heterocycles. The first-order valence-electron chi connectivity index (χ1n) is 7.22. The van der Waals surface area contributed by atoms with Crippen molar-refractivity contribution in [3.63, 3.8) is 0 Å². The second-order valence-corrected chi connectivity index (χ2v) is 5.86. The number of rotatable bonds is 6. The summed E-state index contributed by atoms with van der Waals surface area (Å²) < 4.78 is 1.86. The molecule has 0 radical (unpaired) electrons. The molecule has 1 amide bonds. The van der Waals surface area contributed by atoms with E-state index in [9.17, 15) is 4.79 Å². The lowest BCUT2D eigenvalue weighted by molar-refractivity contribution is 0.0942. The molecule has 1 atom stereocenters. The highest BCUT2D eigenvalue weighted by Gasteiger charge is 2.11. The fraction of sp³-hybridized carbons (Fsp3) is 0.533. The number of nitrogens with zero attached hydrogens (tertiary/aromatic N) is 3. The Morgan fingerprint density at radius 2 is 2.14 bits per heavy atom. The van der Waals surface area contributed by atoms with Gasteiger partial charge in [0.25, 0.3) is 5.91 Å². The zero-order valence-electron chi connectivity index (χ0n) is 12.7. The number of nitrogens with one attached hydrogen (secondary N) is 1. The van der Waals surface area contributed by atoms with E-state index in [4.69, 9.17) is 5.11 Å². The maximum absolute atomic E-state index is 12.0. The van der Waals surface area contributed by atoms with Gasteiger partial charge in [0.1, 0.15) is 0 Å². The molecule has 2 aromatic rings. The molecule has 21 heavy (non-hydrogen) atoms.